The number of amides is 1. The molecular formula is C12H13NO7. The van der Waals surface area contributed by atoms with Crippen molar-refractivity contribution in [3.05, 3.63) is 24.0 Å². The summed E-state index contributed by atoms with van der Waals surface area (Å²) in [6.07, 6.45) is -1.33. The Balaban J connectivity index is 2.36. The smallest absolute Gasteiger partial charge is 0.478 e. The van der Waals surface area contributed by atoms with Crippen LogP contribution >= 0.6 is 0 Å². The fourth-order valence-electron chi connectivity index (χ4n) is 2.02. The zero-order valence-electron chi connectivity index (χ0n) is 10.7. The Labute approximate surface area is 114 Å². The summed E-state index contributed by atoms with van der Waals surface area (Å²) in [5.41, 5.74) is -0.115. The Morgan fingerprint density at radius 1 is 1.60 bits per heavy atom. The normalized spacial score (nSPS) is 26.1. The molecule has 0 aromatic heterocycles. The molecule has 8 nitrogen and oxygen atoms in total. The molecule has 2 aliphatic heterocycles. The maximum absolute atomic E-state index is 11.5. The number of nitrogens with zero attached hydrogens (tertiary/aromatic N) is 1. The number of fused-ring (bicyclic) bond motifs is 1. The van der Waals surface area contributed by atoms with Crippen LogP contribution in [0.25, 0.3) is 0 Å². The Morgan fingerprint density at radius 2 is 2.30 bits per heavy atom. The van der Waals surface area contributed by atoms with Gasteiger partial charge in [-0.1, -0.05) is 6.08 Å². The van der Waals surface area contributed by atoms with Crippen LogP contribution in [0, 0.1) is 0 Å². The first-order chi connectivity index (χ1) is 9.49. The Morgan fingerprint density at radius 3 is 2.80 bits per heavy atom. The average Bonchev–Trinajstić information content (AvgIpc) is 2.67. The summed E-state index contributed by atoms with van der Waals surface area (Å²) in [6, 6.07) is 0. The molecule has 1 unspecified atom stereocenters. The minimum atomic E-state index is -1.23. The summed E-state index contributed by atoms with van der Waals surface area (Å²) < 4.78 is 14.7. The number of hydrogen-bond acceptors (Lipinski definition) is 6. The molecule has 0 spiro atoms. The van der Waals surface area contributed by atoms with Crippen molar-refractivity contribution in [3.8, 4) is 0 Å². The van der Waals surface area contributed by atoms with E-state index in [0.29, 0.717) is 0 Å². The highest BCUT2D eigenvalue weighted by atomic mass is 16.7. The number of carboxylic acids is 1. The zero-order valence-corrected chi connectivity index (χ0v) is 10.7. The van der Waals surface area contributed by atoms with Crippen LogP contribution in [0.4, 0.5) is 4.79 Å². The van der Waals surface area contributed by atoms with Crippen LogP contribution in [0.2, 0.25) is 0 Å². The van der Waals surface area contributed by atoms with Gasteiger partial charge in [-0.2, -0.15) is 0 Å². The predicted octanol–water partition coefficient (Wildman–Crippen LogP) is 0.599. The van der Waals surface area contributed by atoms with Gasteiger partial charge in [0.2, 0.25) is 12.1 Å². The van der Waals surface area contributed by atoms with Gasteiger partial charge in [-0.25, -0.2) is 9.59 Å². The molecule has 0 aromatic rings. The first-order valence-electron chi connectivity index (χ1n) is 5.79. The van der Waals surface area contributed by atoms with Crippen molar-refractivity contribution in [2.24, 2.45) is 0 Å². The van der Waals surface area contributed by atoms with E-state index in [1.165, 1.54) is 6.08 Å². The minimum absolute atomic E-state index is 0.0143. The summed E-state index contributed by atoms with van der Waals surface area (Å²) in [4.78, 5) is 35.1. The third kappa shape index (κ3) is 2.20. The van der Waals surface area contributed by atoms with Crippen molar-refractivity contribution in [3.63, 3.8) is 0 Å². The van der Waals surface area contributed by atoms with Crippen molar-refractivity contribution < 1.29 is 33.7 Å². The topological polar surface area (TPSA) is 102 Å². The van der Waals surface area contributed by atoms with Gasteiger partial charge in [0.05, 0.1) is 19.1 Å². The van der Waals surface area contributed by atoms with Gasteiger partial charge in [-0.05, 0) is 0 Å². The number of hydrogen-bond donors (Lipinski definition) is 1. The van der Waals surface area contributed by atoms with E-state index in [0.717, 1.165) is 12.0 Å². The molecule has 0 radical (unpaired) electrons. The molecule has 0 bridgehead atoms. The molecule has 2 rings (SSSR count). The Bertz CT molecular complexity index is 510. The standard InChI is InChI=1S/C12H13NO7/c1-3-4-6(11(15)16)9-10(20-12(17)18-2)13-7(14)5-8(13)19-9/h3,8,10H,1,4-5H2,2H3,(H,15,16)/t8-,10?/m1/s1. The van der Waals surface area contributed by atoms with Crippen LogP contribution in [-0.2, 0) is 23.8 Å². The molecular weight excluding hydrogens is 270 g/mol. The van der Waals surface area contributed by atoms with Crippen molar-refractivity contribution in [1.29, 1.82) is 0 Å². The highest BCUT2D eigenvalue weighted by Gasteiger charge is 2.54. The lowest BCUT2D eigenvalue weighted by Gasteiger charge is -2.33. The largest absolute Gasteiger partial charge is 0.510 e. The van der Waals surface area contributed by atoms with Crippen LogP contribution in [0.3, 0.4) is 0 Å². The fourth-order valence-corrected chi connectivity index (χ4v) is 2.02. The van der Waals surface area contributed by atoms with Crippen LogP contribution in [0.15, 0.2) is 24.0 Å². The molecule has 1 amide bonds. The third-order valence-electron chi connectivity index (χ3n) is 2.97. The van der Waals surface area contributed by atoms with E-state index < -0.39 is 24.6 Å². The summed E-state index contributed by atoms with van der Waals surface area (Å²) in [5, 5.41) is 9.17. The first kappa shape index (κ1) is 13.9. The minimum Gasteiger partial charge on any atom is -0.478 e. The van der Waals surface area contributed by atoms with E-state index in [1.807, 2.05) is 0 Å². The molecule has 108 valence electrons. The van der Waals surface area contributed by atoms with Crippen LogP contribution in [0.1, 0.15) is 12.8 Å². The van der Waals surface area contributed by atoms with Gasteiger partial charge in [0.1, 0.15) is 0 Å². The molecule has 2 saturated heterocycles. The third-order valence-corrected chi connectivity index (χ3v) is 2.97. The van der Waals surface area contributed by atoms with Gasteiger partial charge in [0.25, 0.3) is 0 Å². The molecule has 0 saturated carbocycles. The molecule has 2 heterocycles. The quantitative estimate of drug-likeness (QED) is 0.349. The Hall–Kier alpha value is -2.51. The van der Waals surface area contributed by atoms with E-state index in [1.54, 1.807) is 0 Å². The number of aliphatic carboxylic acids is 1. The van der Waals surface area contributed by atoms with Crippen LogP contribution < -0.4 is 0 Å². The fraction of sp³-hybridized carbons (Fsp3) is 0.417. The van der Waals surface area contributed by atoms with Crippen LogP contribution in [0.5, 0.6) is 0 Å². The van der Waals surface area contributed by atoms with Gasteiger partial charge in [-0.15, -0.1) is 6.58 Å². The number of β-lactam (4-membered cyclic amide) rings is 1. The number of carbonyl (C=O) groups is 3. The highest BCUT2D eigenvalue weighted by molar-refractivity contribution is 5.89. The monoisotopic (exact) mass is 283 g/mol. The van der Waals surface area contributed by atoms with Gasteiger partial charge >= 0.3 is 12.1 Å². The number of methoxy groups -OCH3 is 1. The molecule has 2 atom stereocenters. The van der Waals surface area contributed by atoms with Gasteiger partial charge in [0, 0.05) is 6.42 Å². The molecule has 8 heteroatoms. The zero-order chi connectivity index (χ0) is 14.9. The van der Waals surface area contributed by atoms with Crippen molar-refractivity contribution in [1.82, 2.24) is 4.90 Å². The second-order valence-electron chi connectivity index (χ2n) is 4.14. The Kier molecular flexibility index (Phi) is 3.64. The molecule has 2 fully saturated rings. The second-order valence-corrected chi connectivity index (χ2v) is 4.14. The maximum atomic E-state index is 11.5. The van der Waals surface area contributed by atoms with E-state index in [2.05, 4.69) is 11.3 Å². The lowest BCUT2D eigenvalue weighted by molar-refractivity contribution is -0.164. The number of allylic oxidation sites excluding steroid dienone is 1. The number of carbonyl (C=O) groups excluding carboxylic acids is 2. The van der Waals surface area contributed by atoms with E-state index >= 15 is 0 Å². The molecule has 1 N–H and O–H groups in total. The molecule has 2 aliphatic rings. The number of carboxylic acid groups (broad SMARTS) is 1. The lowest BCUT2D eigenvalue weighted by Crippen LogP contribution is -2.53. The molecule has 0 aliphatic carbocycles. The summed E-state index contributed by atoms with van der Waals surface area (Å²) in [5.74, 6) is -1.59. The van der Waals surface area contributed by atoms with Crippen molar-refractivity contribution in [2.75, 3.05) is 7.11 Å². The summed E-state index contributed by atoms with van der Waals surface area (Å²) in [7, 11) is 1.11. The summed E-state index contributed by atoms with van der Waals surface area (Å²) >= 11 is 0. The molecule has 20 heavy (non-hydrogen) atoms. The van der Waals surface area contributed by atoms with Gasteiger partial charge in [-0.3, -0.25) is 9.69 Å². The lowest BCUT2D eigenvalue weighted by atomic mass is 10.1. The average molecular weight is 283 g/mol. The molecule has 0 aromatic carbocycles. The highest BCUT2D eigenvalue weighted by Crippen LogP contribution is 2.39. The van der Waals surface area contributed by atoms with Gasteiger partial charge in [0.15, 0.2) is 12.0 Å². The predicted molar refractivity (Wildman–Crippen MR) is 63.1 cm³/mol. The van der Waals surface area contributed by atoms with Crippen molar-refractivity contribution in [2.45, 2.75) is 25.3 Å². The summed E-state index contributed by atoms with van der Waals surface area (Å²) in [6.45, 7) is 3.46. The van der Waals surface area contributed by atoms with Crippen LogP contribution in [-0.4, -0.2) is 47.6 Å². The number of rotatable bonds is 4. The number of ether oxygens (including phenoxy) is 3. The maximum Gasteiger partial charge on any atom is 0.510 e. The first-order valence-corrected chi connectivity index (χ1v) is 5.79. The van der Waals surface area contributed by atoms with E-state index in [4.69, 9.17) is 9.47 Å². The second kappa shape index (κ2) is 5.24. The van der Waals surface area contributed by atoms with E-state index in [9.17, 15) is 19.5 Å². The van der Waals surface area contributed by atoms with Gasteiger partial charge < -0.3 is 19.3 Å². The van der Waals surface area contributed by atoms with E-state index in [-0.39, 0.29) is 30.1 Å². The SMILES string of the molecule is C=CCC(C(=O)O)=C1O[C@@H]2CC(=O)N2C1OC(=O)OC. The van der Waals surface area contributed by atoms with Crippen molar-refractivity contribution >= 4 is 18.0 Å².